The molecule has 0 bridgehead atoms. The van der Waals surface area contributed by atoms with Gasteiger partial charge in [0, 0.05) is 5.56 Å². The van der Waals surface area contributed by atoms with E-state index in [1.54, 1.807) is 48.5 Å². The predicted octanol–water partition coefficient (Wildman–Crippen LogP) is 5.40. The topological polar surface area (TPSA) is 78.4 Å². The lowest BCUT2D eigenvalue weighted by Gasteiger charge is -2.13. The molecule has 9 heteroatoms. The van der Waals surface area contributed by atoms with Crippen molar-refractivity contribution in [3.05, 3.63) is 94.8 Å². The second-order valence-electron chi connectivity index (χ2n) is 7.11. The summed E-state index contributed by atoms with van der Waals surface area (Å²) in [4.78, 5) is 12.5. The van der Waals surface area contributed by atoms with Crippen LogP contribution in [0.1, 0.15) is 21.5 Å². The number of carbonyl (C=O) groups is 1. The number of ether oxygens (including phenoxy) is 4. The van der Waals surface area contributed by atoms with Crippen molar-refractivity contribution in [3.63, 3.8) is 0 Å². The molecule has 0 saturated carbocycles. The number of nitrogens with one attached hydrogen (secondary N) is 1. The molecule has 0 atom stereocenters. The van der Waals surface area contributed by atoms with Crippen LogP contribution in [0.4, 0.5) is 4.39 Å². The summed E-state index contributed by atoms with van der Waals surface area (Å²) in [5, 5.41) is 4.28. The van der Waals surface area contributed by atoms with Gasteiger partial charge >= 0.3 is 0 Å². The Kier molecular flexibility index (Phi) is 9.09. The molecule has 0 unspecified atom stereocenters. The van der Waals surface area contributed by atoms with Gasteiger partial charge in [0.15, 0.2) is 23.0 Å². The zero-order chi connectivity index (χ0) is 25.2. The van der Waals surface area contributed by atoms with Gasteiger partial charge in [-0.3, -0.25) is 4.79 Å². The van der Waals surface area contributed by atoms with Gasteiger partial charge in [-0.25, -0.2) is 9.82 Å². The van der Waals surface area contributed by atoms with E-state index >= 15 is 0 Å². The quantitative estimate of drug-likeness (QED) is 0.217. The zero-order valence-electron chi connectivity index (χ0n) is 19.2. The minimum Gasteiger partial charge on any atom is -0.493 e. The number of hydrazone groups is 1. The molecule has 3 aromatic rings. The Labute approximate surface area is 207 Å². The molecule has 3 aromatic carbocycles. The third-order valence-corrected chi connectivity index (χ3v) is 4.99. The van der Waals surface area contributed by atoms with E-state index in [0.29, 0.717) is 45.8 Å². The van der Waals surface area contributed by atoms with Crippen LogP contribution in [-0.4, -0.2) is 32.9 Å². The van der Waals surface area contributed by atoms with E-state index in [1.165, 1.54) is 32.6 Å². The van der Waals surface area contributed by atoms with Crippen molar-refractivity contribution in [2.24, 2.45) is 5.10 Å². The number of rotatable bonds is 11. The molecule has 0 aliphatic rings. The maximum Gasteiger partial charge on any atom is 0.271 e. The Hall–Kier alpha value is -4.04. The monoisotopic (exact) mass is 498 g/mol. The van der Waals surface area contributed by atoms with E-state index in [1.807, 2.05) is 0 Å². The summed E-state index contributed by atoms with van der Waals surface area (Å²) < 4.78 is 35.0. The summed E-state index contributed by atoms with van der Waals surface area (Å²) >= 11 is 6.38. The molecule has 0 fully saturated rings. The van der Waals surface area contributed by atoms with Crippen molar-refractivity contribution in [1.82, 2.24) is 5.43 Å². The summed E-state index contributed by atoms with van der Waals surface area (Å²) in [5.74, 6) is 0.867. The minimum atomic E-state index is -0.438. The van der Waals surface area contributed by atoms with Crippen molar-refractivity contribution in [2.75, 3.05) is 20.8 Å². The van der Waals surface area contributed by atoms with Crippen molar-refractivity contribution in [2.45, 2.75) is 6.61 Å². The molecule has 0 aliphatic carbocycles. The summed E-state index contributed by atoms with van der Waals surface area (Å²) in [7, 11) is 2.97. The normalized spacial score (nSPS) is 10.6. The molecule has 182 valence electrons. The van der Waals surface area contributed by atoms with Crippen molar-refractivity contribution < 1.29 is 28.1 Å². The van der Waals surface area contributed by atoms with E-state index in [-0.39, 0.29) is 12.4 Å². The molecular weight excluding hydrogens is 475 g/mol. The first-order chi connectivity index (χ1) is 16.9. The number of amides is 1. The van der Waals surface area contributed by atoms with Gasteiger partial charge < -0.3 is 18.9 Å². The van der Waals surface area contributed by atoms with Crippen LogP contribution < -0.4 is 24.4 Å². The van der Waals surface area contributed by atoms with Gasteiger partial charge in [0.05, 0.1) is 25.5 Å². The number of methoxy groups -OCH3 is 2. The van der Waals surface area contributed by atoms with E-state index in [2.05, 4.69) is 17.1 Å². The smallest absolute Gasteiger partial charge is 0.271 e. The molecule has 1 N–H and O–H groups in total. The summed E-state index contributed by atoms with van der Waals surface area (Å²) in [6, 6.07) is 14.0. The molecule has 7 nitrogen and oxygen atoms in total. The molecule has 0 radical (unpaired) electrons. The highest BCUT2D eigenvalue weighted by Gasteiger charge is 2.13. The van der Waals surface area contributed by atoms with Gasteiger partial charge in [-0.05, 0) is 53.6 Å². The fraction of sp³-hybridized carbons (Fsp3) is 0.154. The molecule has 0 aromatic heterocycles. The number of halogens is 2. The minimum absolute atomic E-state index is 0.181. The van der Waals surface area contributed by atoms with Crippen LogP contribution in [-0.2, 0) is 6.61 Å². The van der Waals surface area contributed by atoms with E-state index in [4.69, 9.17) is 30.5 Å². The van der Waals surface area contributed by atoms with Crippen molar-refractivity contribution >= 4 is 23.7 Å². The summed E-state index contributed by atoms with van der Waals surface area (Å²) in [5.41, 5.74) is 4.14. The van der Waals surface area contributed by atoms with Crippen molar-refractivity contribution in [3.8, 4) is 23.0 Å². The van der Waals surface area contributed by atoms with Crippen LogP contribution in [0.3, 0.4) is 0 Å². The highest BCUT2D eigenvalue weighted by atomic mass is 35.5. The first-order valence-electron chi connectivity index (χ1n) is 10.4. The number of benzene rings is 3. The molecule has 0 heterocycles. The number of hydrogen-bond donors (Lipinski definition) is 1. The molecule has 35 heavy (non-hydrogen) atoms. The van der Waals surface area contributed by atoms with Crippen LogP contribution in [0.25, 0.3) is 0 Å². The average Bonchev–Trinajstić information content (AvgIpc) is 2.87. The fourth-order valence-electron chi connectivity index (χ4n) is 3.00. The van der Waals surface area contributed by atoms with Gasteiger partial charge in [-0.2, -0.15) is 5.10 Å². The van der Waals surface area contributed by atoms with Crippen LogP contribution in [0.2, 0.25) is 5.02 Å². The lowest BCUT2D eigenvalue weighted by molar-refractivity contribution is 0.0954. The van der Waals surface area contributed by atoms with Gasteiger partial charge in [0.1, 0.15) is 19.0 Å². The predicted molar refractivity (Wildman–Crippen MR) is 132 cm³/mol. The third-order valence-electron chi connectivity index (χ3n) is 4.71. The molecule has 0 saturated heterocycles. The second kappa shape index (κ2) is 12.4. The maximum atomic E-state index is 13.1. The second-order valence-corrected chi connectivity index (χ2v) is 7.52. The maximum absolute atomic E-state index is 13.1. The van der Waals surface area contributed by atoms with Gasteiger partial charge in [0.25, 0.3) is 5.91 Å². The van der Waals surface area contributed by atoms with Gasteiger partial charge in [-0.1, -0.05) is 36.4 Å². The lowest BCUT2D eigenvalue weighted by atomic mass is 10.2. The Bertz CT molecular complexity index is 1220. The van der Waals surface area contributed by atoms with E-state index < -0.39 is 5.91 Å². The SMILES string of the molecule is C=CCOc1ccc(C(=O)N/N=C/c2cc(Cl)c(OCc3ccc(F)cc3)c(OC)c2)cc1OC. The molecule has 3 rings (SSSR count). The average molecular weight is 499 g/mol. The Balaban J connectivity index is 1.67. The molecule has 0 spiro atoms. The molecular formula is C26H24ClFN2O5. The van der Waals surface area contributed by atoms with Gasteiger partial charge in [-0.15, -0.1) is 0 Å². The molecule has 0 aliphatic heterocycles. The first kappa shape index (κ1) is 25.6. The number of nitrogens with zero attached hydrogens (tertiary/aromatic N) is 1. The lowest BCUT2D eigenvalue weighted by Crippen LogP contribution is -2.17. The third kappa shape index (κ3) is 6.97. The Morgan fingerprint density at radius 1 is 1.03 bits per heavy atom. The summed E-state index contributed by atoms with van der Waals surface area (Å²) in [6.07, 6.45) is 3.04. The number of carbonyl (C=O) groups excluding carboxylic acids is 1. The van der Waals surface area contributed by atoms with E-state index in [0.717, 1.165) is 5.56 Å². The van der Waals surface area contributed by atoms with Crippen molar-refractivity contribution in [1.29, 1.82) is 0 Å². The van der Waals surface area contributed by atoms with Crippen LogP contribution in [0.5, 0.6) is 23.0 Å². The zero-order valence-corrected chi connectivity index (χ0v) is 20.0. The number of hydrogen-bond acceptors (Lipinski definition) is 6. The van der Waals surface area contributed by atoms with E-state index in [9.17, 15) is 9.18 Å². The highest BCUT2D eigenvalue weighted by molar-refractivity contribution is 6.32. The first-order valence-corrected chi connectivity index (χ1v) is 10.8. The Morgan fingerprint density at radius 3 is 2.46 bits per heavy atom. The fourth-order valence-corrected chi connectivity index (χ4v) is 3.27. The molecule has 1 amide bonds. The largest absolute Gasteiger partial charge is 0.493 e. The van der Waals surface area contributed by atoms with Crippen LogP contribution in [0.15, 0.2) is 72.4 Å². The Morgan fingerprint density at radius 2 is 1.77 bits per heavy atom. The van der Waals surface area contributed by atoms with Crippen LogP contribution >= 0.6 is 11.6 Å². The standard InChI is InChI=1S/C26H24ClFN2O5/c1-4-11-34-22-10-7-19(14-23(22)32-2)26(31)30-29-15-18-12-21(27)25(24(13-18)33-3)35-16-17-5-8-20(28)9-6-17/h4-10,12-15H,1,11,16H2,2-3H3,(H,30,31)/b29-15+. The highest BCUT2D eigenvalue weighted by Crippen LogP contribution is 2.36. The van der Waals surface area contributed by atoms with Gasteiger partial charge in [0.2, 0.25) is 0 Å². The van der Waals surface area contributed by atoms with Crippen LogP contribution in [0, 0.1) is 5.82 Å². The summed E-state index contributed by atoms with van der Waals surface area (Å²) in [6.45, 7) is 4.10.